The summed E-state index contributed by atoms with van der Waals surface area (Å²) in [7, 11) is 0. The Balaban J connectivity index is 1.28. The Morgan fingerprint density at radius 3 is 2.25 bits per heavy atom. The van der Waals surface area contributed by atoms with E-state index in [1.165, 1.54) is 50.2 Å². The van der Waals surface area contributed by atoms with Gasteiger partial charge in [-0.05, 0) is 55.4 Å². The van der Waals surface area contributed by atoms with Gasteiger partial charge in [-0.25, -0.2) is 0 Å². The van der Waals surface area contributed by atoms with Crippen molar-refractivity contribution >= 4 is 11.8 Å². The number of rotatable bonds is 4. The van der Waals surface area contributed by atoms with Crippen molar-refractivity contribution in [3.63, 3.8) is 0 Å². The number of hydrogen-bond acceptors (Lipinski definition) is 3. The number of hydrogen-bond donors (Lipinski definition) is 1. The van der Waals surface area contributed by atoms with Crippen LogP contribution in [0, 0.1) is 0 Å². The molecule has 0 atom stereocenters. The van der Waals surface area contributed by atoms with Gasteiger partial charge in [0.15, 0.2) is 0 Å². The van der Waals surface area contributed by atoms with Crippen LogP contribution in [-0.2, 0) is 0 Å². The maximum atomic E-state index is 12.6. The highest BCUT2D eigenvalue weighted by atomic mass is 16.3. The zero-order valence-electron chi connectivity index (χ0n) is 16.2. The van der Waals surface area contributed by atoms with E-state index in [1.807, 2.05) is 17.0 Å². The van der Waals surface area contributed by atoms with Crippen LogP contribution >= 0.6 is 0 Å². The summed E-state index contributed by atoms with van der Waals surface area (Å²) < 4.78 is 4.99. The predicted molar refractivity (Wildman–Crippen MR) is 107 cm³/mol. The molecule has 1 saturated heterocycles. The Labute approximate surface area is 166 Å². The first-order valence-corrected chi connectivity index (χ1v) is 10.4. The zero-order valence-corrected chi connectivity index (χ0v) is 16.2. The summed E-state index contributed by atoms with van der Waals surface area (Å²) >= 11 is 0. The Hall–Kier alpha value is -2.56. The Morgan fingerprint density at radius 1 is 0.893 bits per heavy atom. The van der Waals surface area contributed by atoms with Crippen LogP contribution in [0.15, 0.2) is 47.3 Å². The molecule has 1 aliphatic heterocycles. The van der Waals surface area contributed by atoms with E-state index in [0.29, 0.717) is 24.6 Å². The molecule has 2 aromatic rings. The molecule has 5 nitrogen and oxygen atoms in total. The summed E-state index contributed by atoms with van der Waals surface area (Å²) in [4.78, 5) is 26.8. The Bertz CT molecular complexity index is 784. The molecular formula is C23H28N2O3. The third-order valence-electron chi connectivity index (χ3n) is 6.13. The molecular weight excluding hydrogens is 352 g/mol. The third kappa shape index (κ3) is 4.29. The van der Waals surface area contributed by atoms with Crippen molar-refractivity contribution in [3.05, 3.63) is 59.5 Å². The van der Waals surface area contributed by atoms with E-state index in [4.69, 9.17) is 4.42 Å². The van der Waals surface area contributed by atoms with Gasteiger partial charge in [-0.15, -0.1) is 0 Å². The summed E-state index contributed by atoms with van der Waals surface area (Å²) in [5.74, 6) is 0.634. The lowest BCUT2D eigenvalue weighted by molar-refractivity contribution is 0.0697. The molecule has 0 spiro atoms. The normalized spacial score (nSPS) is 18.8. The zero-order chi connectivity index (χ0) is 19.3. The molecule has 1 aliphatic carbocycles. The molecule has 1 aromatic heterocycles. The van der Waals surface area contributed by atoms with E-state index in [9.17, 15) is 9.59 Å². The van der Waals surface area contributed by atoms with Gasteiger partial charge in [0, 0.05) is 24.7 Å². The number of carbonyl (C=O) groups is 2. The molecule has 28 heavy (non-hydrogen) atoms. The minimum atomic E-state index is -0.0187. The van der Waals surface area contributed by atoms with Crippen molar-refractivity contribution in [2.45, 2.75) is 56.9 Å². The van der Waals surface area contributed by atoms with Crippen LogP contribution in [0.1, 0.15) is 77.1 Å². The molecule has 1 N–H and O–H groups in total. The largest absolute Gasteiger partial charge is 0.472 e. The standard InChI is InChI=1S/C23H28N2O3/c26-22(19-8-6-18(7-9-19)17-4-2-1-3-5-17)24-21-10-13-25(14-11-21)23(27)20-12-15-28-16-20/h6-9,12,15-17,21H,1-5,10-11,13-14H2,(H,24,26). The lowest BCUT2D eigenvalue weighted by Crippen LogP contribution is -2.46. The highest BCUT2D eigenvalue weighted by Crippen LogP contribution is 2.32. The van der Waals surface area contributed by atoms with Crippen LogP contribution < -0.4 is 5.32 Å². The van der Waals surface area contributed by atoms with Gasteiger partial charge < -0.3 is 14.6 Å². The minimum Gasteiger partial charge on any atom is -0.472 e. The van der Waals surface area contributed by atoms with Crippen molar-refractivity contribution in [1.29, 1.82) is 0 Å². The van der Waals surface area contributed by atoms with E-state index >= 15 is 0 Å². The van der Waals surface area contributed by atoms with Crippen molar-refractivity contribution in [2.75, 3.05) is 13.1 Å². The quantitative estimate of drug-likeness (QED) is 0.857. The van der Waals surface area contributed by atoms with E-state index in [1.54, 1.807) is 6.07 Å². The summed E-state index contributed by atoms with van der Waals surface area (Å²) in [6.07, 6.45) is 11.0. The topological polar surface area (TPSA) is 62.6 Å². The molecule has 0 radical (unpaired) electrons. The number of likely N-dealkylation sites (tertiary alicyclic amines) is 1. The number of amides is 2. The maximum absolute atomic E-state index is 12.6. The molecule has 2 heterocycles. The van der Waals surface area contributed by atoms with Gasteiger partial charge in [0.1, 0.15) is 6.26 Å². The van der Waals surface area contributed by atoms with Gasteiger partial charge in [0.25, 0.3) is 11.8 Å². The van der Waals surface area contributed by atoms with E-state index < -0.39 is 0 Å². The second-order valence-corrected chi connectivity index (χ2v) is 8.01. The lowest BCUT2D eigenvalue weighted by Gasteiger charge is -2.32. The molecule has 0 unspecified atom stereocenters. The van der Waals surface area contributed by atoms with E-state index in [0.717, 1.165) is 18.4 Å². The SMILES string of the molecule is O=C(NC1CCN(C(=O)c2ccoc2)CC1)c1ccc(C2CCCCC2)cc1. The predicted octanol–water partition coefficient (Wildman–Crippen LogP) is 4.36. The Morgan fingerprint density at radius 2 is 1.61 bits per heavy atom. The first-order valence-electron chi connectivity index (χ1n) is 10.4. The number of piperidine rings is 1. The fourth-order valence-electron chi connectivity index (χ4n) is 4.41. The first kappa shape index (κ1) is 18.8. The van der Waals surface area contributed by atoms with Gasteiger partial charge in [-0.2, -0.15) is 0 Å². The fraction of sp³-hybridized carbons (Fsp3) is 0.478. The van der Waals surface area contributed by atoms with Crippen molar-refractivity contribution in [3.8, 4) is 0 Å². The molecule has 1 aromatic carbocycles. The summed E-state index contributed by atoms with van der Waals surface area (Å²) in [5, 5.41) is 3.13. The van der Waals surface area contributed by atoms with Crippen LogP contribution in [0.25, 0.3) is 0 Å². The second kappa shape index (κ2) is 8.63. The van der Waals surface area contributed by atoms with Gasteiger partial charge >= 0.3 is 0 Å². The lowest BCUT2D eigenvalue weighted by atomic mass is 9.84. The van der Waals surface area contributed by atoms with Crippen molar-refractivity contribution < 1.29 is 14.0 Å². The van der Waals surface area contributed by atoms with E-state index in [2.05, 4.69) is 17.4 Å². The number of furan rings is 1. The number of carbonyl (C=O) groups excluding carboxylic acids is 2. The fourth-order valence-corrected chi connectivity index (χ4v) is 4.41. The van der Waals surface area contributed by atoms with Crippen LogP contribution in [0.2, 0.25) is 0 Å². The number of nitrogens with zero attached hydrogens (tertiary/aromatic N) is 1. The second-order valence-electron chi connectivity index (χ2n) is 8.01. The minimum absolute atomic E-state index is 0.00294. The summed E-state index contributed by atoms with van der Waals surface area (Å²) in [6, 6.07) is 9.95. The average Bonchev–Trinajstić information content (AvgIpc) is 3.29. The smallest absolute Gasteiger partial charge is 0.257 e. The van der Waals surface area contributed by atoms with Crippen LogP contribution in [0.5, 0.6) is 0 Å². The molecule has 148 valence electrons. The number of nitrogens with one attached hydrogen (secondary N) is 1. The van der Waals surface area contributed by atoms with E-state index in [-0.39, 0.29) is 17.9 Å². The Kier molecular flexibility index (Phi) is 5.79. The van der Waals surface area contributed by atoms with Gasteiger partial charge in [-0.1, -0.05) is 31.4 Å². The molecule has 2 fully saturated rings. The van der Waals surface area contributed by atoms with Gasteiger partial charge in [-0.3, -0.25) is 9.59 Å². The monoisotopic (exact) mass is 380 g/mol. The van der Waals surface area contributed by atoms with Crippen LogP contribution in [0.3, 0.4) is 0 Å². The summed E-state index contributed by atoms with van der Waals surface area (Å²) in [5.41, 5.74) is 2.67. The van der Waals surface area contributed by atoms with Gasteiger partial charge in [0.2, 0.25) is 0 Å². The van der Waals surface area contributed by atoms with Gasteiger partial charge in [0.05, 0.1) is 11.8 Å². The molecule has 5 heteroatoms. The maximum Gasteiger partial charge on any atom is 0.257 e. The van der Waals surface area contributed by atoms with Crippen molar-refractivity contribution in [1.82, 2.24) is 10.2 Å². The molecule has 1 saturated carbocycles. The summed E-state index contributed by atoms with van der Waals surface area (Å²) in [6.45, 7) is 1.30. The van der Waals surface area contributed by atoms with Crippen LogP contribution in [-0.4, -0.2) is 35.8 Å². The molecule has 4 rings (SSSR count). The highest BCUT2D eigenvalue weighted by molar-refractivity contribution is 5.95. The molecule has 0 bridgehead atoms. The number of benzene rings is 1. The first-order chi connectivity index (χ1) is 13.7. The highest BCUT2D eigenvalue weighted by Gasteiger charge is 2.25. The van der Waals surface area contributed by atoms with Crippen LogP contribution in [0.4, 0.5) is 0 Å². The third-order valence-corrected chi connectivity index (χ3v) is 6.13. The van der Waals surface area contributed by atoms with Crippen molar-refractivity contribution in [2.24, 2.45) is 0 Å². The molecule has 2 amide bonds. The average molecular weight is 380 g/mol. The molecule has 2 aliphatic rings.